The van der Waals surface area contributed by atoms with Gasteiger partial charge < -0.3 is 20.0 Å². The fourth-order valence-corrected chi connectivity index (χ4v) is 4.56. The van der Waals surface area contributed by atoms with Crippen LogP contribution in [-0.4, -0.2) is 76.6 Å². The highest BCUT2D eigenvalue weighted by Crippen LogP contribution is 2.26. The van der Waals surface area contributed by atoms with E-state index in [1.807, 2.05) is 17.0 Å². The van der Waals surface area contributed by atoms with E-state index in [1.165, 1.54) is 0 Å². The van der Waals surface area contributed by atoms with Crippen molar-refractivity contribution >= 4 is 23.5 Å². The maximum absolute atomic E-state index is 12.9. The zero-order chi connectivity index (χ0) is 22.2. The summed E-state index contributed by atoms with van der Waals surface area (Å²) in [5.74, 6) is 3.51. The number of aromatic nitrogens is 4. The third kappa shape index (κ3) is 5.83. The summed E-state index contributed by atoms with van der Waals surface area (Å²) in [5, 5.41) is 3.25. The lowest BCUT2D eigenvalue weighted by atomic mass is 9.92. The van der Waals surface area contributed by atoms with Crippen LogP contribution in [0, 0.1) is 5.92 Å². The summed E-state index contributed by atoms with van der Waals surface area (Å²) in [7, 11) is 0. The van der Waals surface area contributed by atoms with E-state index in [9.17, 15) is 4.79 Å². The minimum atomic E-state index is 0.286. The molecular weight excluding hydrogens is 404 g/mol. The zero-order valence-electron chi connectivity index (χ0n) is 19.0. The second kappa shape index (κ2) is 11.1. The molecule has 9 heteroatoms. The second-order valence-corrected chi connectivity index (χ2v) is 8.53. The van der Waals surface area contributed by atoms with Crippen molar-refractivity contribution in [2.24, 2.45) is 5.92 Å². The van der Waals surface area contributed by atoms with Gasteiger partial charge in [0.25, 0.3) is 0 Å². The fourth-order valence-electron chi connectivity index (χ4n) is 4.56. The summed E-state index contributed by atoms with van der Waals surface area (Å²) >= 11 is 0. The van der Waals surface area contributed by atoms with E-state index in [0.717, 1.165) is 89.1 Å². The normalized spacial score (nSPS) is 17.8. The van der Waals surface area contributed by atoms with E-state index in [-0.39, 0.29) is 5.91 Å². The molecule has 1 N–H and O–H groups in total. The van der Waals surface area contributed by atoms with Gasteiger partial charge in [-0.25, -0.2) is 19.9 Å². The van der Waals surface area contributed by atoms with E-state index < -0.39 is 0 Å². The van der Waals surface area contributed by atoms with E-state index in [4.69, 9.17) is 0 Å². The molecule has 0 unspecified atom stereocenters. The smallest absolute Gasteiger partial charge is 0.225 e. The summed E-state index contributed by atoms with van der Waals surface area (Å²) in [4.78, 5) is 36.8. The molecule has 2 aliphatic heterocycles. The van der Waals surface area contributed by atoms with Gasteiger partial charge in [0.1, 0.15) is 18.0 Å². The predicted molar refractivity (Wildman–Crippen MR) is 126 cm³/mol. The molecule has 4 rings (SSSR count). The van der Waals surface area contributed by atoms with Crippen molar-refractivity contribution in [3.63, 3.8) is 0 Å². The van der Waals surface area contributed by atoms with E-state index >= 15 is 0 Å². The van der Waals surface area contributed by atoms with Gasteiger partial charge >= 0.3 is 0 Å². The molecule has 0 bridgehead atoms. The number of amides is 1. The lowest BCUT2D eigenvalue weighted by molar-refractivity contribution is -0.131. The molecule has 2 aliphatic rings. The molecule has 0 aromatic carbocycles. The van der Waals surface area contributed by atoms with Crippen molar-refractivity contribution in [2.45, 2.75) is 39.0 Å². The van der Waals surface area contributed by atoms with Crippen LogP contribution < -0.4 is 15.1 Å². The Bertz CT molecular complexity index is 856. The molecule has 0 aliphatic carbocycles. The van der Waals surface area contributed by atoms with E-state index in [0.29, 0.717) is 12.3 Å². The topological polar surface area (TPSA) is 90.4 Å². The highest BCUT2D eigenvalue weighted by molar-refractivity contribution is 5.76. The largest absolute Gasteiger partial charge is 0.370 e. The number of nitrogens with zero attached hydrogens (tertiary/aromatic N) is 7. The number of hydrogen-bond donors (Lipinski definition) is 1. The van der Waals surface area contributed by atoms with Crippen LogP contribution in [0.25, 0.3) is 0 Å². The van der Waals surface area contributed by atoms with Crippen molar-refractivity contribution < 1.29 is 4.79 Å². The number of carbonyl (C=O) groups is 1. The molecule has 2 aromatic heterocycles. The van der Waals surface area contributed by atoms with Gasteiger partial charge in [0.15, 0.2) is 0 Å². The number of anilines is 3. The minimum absolute atomic E-state index is 0.286. The maximum atomic E-state index is 12.9. The van der Waals surface area contributed by atoms with Gasteiger partial charge in [0, 0.05) is 70.7 Å². The number of rotatable bonds is 7. The van der Waals surface area contributed by atoms with E-state index in [2.05, 4.69) is 42.0 Å². The third-order valence-electron chi connectivity index (χ3n) is 6.40. The Labute approximate surface area is 190 Å². The van der Waals surface area contributed by atoms with Crippen LogP contribution in [0.15, 0.2) is 30.9 Å². The summed E-state index contributed by atoms with van der Waals surface area (Å²) in [6, 6.07) is 3.85. The Morgan fingerprint density at radius 1 is 1.00 bits per heavy atom. The average molecular weight is 439 g/mol. The van der Waals surface area contributed by atoms with Crippen LogP contribution in [0.1, 0.15) is 39.0 Å². The molecule has 0 radical (unpaired) electrons. The fraction of sp³-hybridized carbons (Fsp3) is 0.609. The molecule has 2 aromatic rings. The number of hydrogen-bond acceptors (Lipinski definition) is 8. The first kappa shape index (κ1) is 22.2. The van der Waals surface area contributed by atoms with Gasteiger partial charge in [-0.2, -0.15) is 0 Å². The molecule has 4 heterocycles. The monoisotopic (exact) mass is 438 g/mol. The first-order chi connectivity index (χ1) is 15.7. The van der Waals surface area contributed by atoms with Gasteiger partial charge in [0.2, 0.25) is 11.9 Å². The highest BCUT2D eigenvalue weighted by atomic mass is 16.2. The second-order valence-electron chi connectivity index (χ2n) is 8.53. The maximum Gasteiger partial charge on any atom is 0.225 e. The molecule has 9 nitrogen and oxygen atoms in total. The molecule has 172 valence electrons. The summed E-state index contributed by atoms with van der Waals surface area (Å²) in [6.07, 6.45) is 9.95. The molecular formula is C23H34N8O. The average Bonchev–Trinajstić information content (AvgIpc) is 3.10. The summed E-state index contributed by atoms with van der Waals surface area (Å²) in [5.41, 5.74) is 0. The number of nitrogens with one attached hydrogen (secondary N) is 1. The quantitative estimate of drug-likeness (QED) is 0.705. The standard InChI is InChI=1S/C23H34N8O/c1-2-24-20-17-21(28-18-27-20)29-13-7-19(8-14-29)5-6-22(32)30-11-4-12-31(16-15-30)23-25-9-3-10-26-23/h3,9-10,17-19H,2,4-8,11-16H2,1H3,(H,24,27,28). The van der Waals surface area contributed by atoms with Crippen molar-refractivity contribution in [3.05, 3.63) is 30.9 Å². The van der Waals surface area contributed by atoms with Crippen LogP contribution in [0.2, 0.25) is 0 Å². The van der Waals surface area contributed by atoms with Crippen LogP contribution in [0.3, 0.4) is 0 Å². The molecule has 0 spiro atoms. The number of carbonyl (C=O) groups excluding carboxylic acids is 1. The Hall–Kier alpha value is -2.97. The van der Waals surface area contributed by atoms with Crippen molar-refractivity contribution in [1.29, 1.82) is 0 Å². The van der Waals surface area contributed by atoms with Crippen molar-refractivity contribution in [3.8, 4) is 0 Å². The molecule has 32 heavy (non-hydrogen) atoms. The van der Waals surface area contributed by atoms with Crippen molar-refractivity contribution in [2.75, 3.05) is 60.9 Å². The van der Waals surface area contributed by atoms with Gasteiger partial charge in [-0.05, 0) is 44.6 Å². The number of piperidine rings is 1. The minimum Gasteiger partial charge on any atom is -0.370 e. The SMILES string of the molecule is CCNc1cc(N2CCC(CCC(=O)N3CCCN(c4ncccn4)CC3)CC2)ncn1. The van der Waals surface area contributed by atoms with Gasteiger partial charge in [0.05, 0.1) is 0 Å². The molecule has 2 fully saturated rings. The van der Waals surface area contributed by atoms with Crippen LogP contribution in [0.4, 0.5) is 17.6 Å². The van der Waals surface area contributed by atoms with Crippen LogP contribution >= 0.6 is 0 Å². The molecule has 0 atom stereocenters. The molecule has 2 saturated heterocycles. The van der Waals surface area contributed by atoms with Gasteiger partial charge in [-0.3, -0.25) is 4.79 Å². The lowest BCUT2D eigenvalue weighted by Crippen LogP contribution is -2.37. The van der Waals surface area contributed by atoms with Gasteiger partial charge in [-0.15, -0.1) is 0 Å². The Morgan fingerprint density at radius 2 is 1.81 bits per heavy atom. The third-order valence-corrected chi connectivity index (χ3v) is 6.40. The summed E-state index contributed by atoms with van der Waals surface area (Å²) < 4.78 is 0. The Kier molecular flexibility index (Phi) is 7.68. The van der Waals surface area contributed by atoms with Crippen LogP contribution in [-0.2, 0) is 4.79 Å². The zero-order valence-corrected chi connectivity index (χ0v) is 19.0. The molecule has 0 saturated carbocycles. The van der Waals surface area contributed by atoms with E-state index in [1.54, 1.807) is 18.7 Å². The predicted octanol–water partition coefficient (Wildman–Crippen LogP) is 2.43. The first-order valence-electron chi connectivity index (χ1n) is 11.8. The lowest BCUT2D eigenvalue weighted by Gasteiger charge is -2.33. The Morgan fingerprint density at radius 3 is 2.59 bits per heavy atom. The Balaban J connectivity index is 1.20. The van der Waals surface area contributed by atoms with Crippen molar-refractivity contribution in [1.82, 2.24) is 24.8 Å². The first-order valence-corrected chi connectivity index (χ1v) is 11.8. The van der Waals surface area contributed by atoms with Crippen LogP contribution in [0.5, 0.6) is 0 Å². The van der Waals surface area contributed by atoms with Gasteiger partial charge in [-0.1, -0.05) is 0 Å². The summed E-state index contributed by atoms with van der Waals surface area (Å²) in [6.45, 7) is 8.14. The highest BCUT2D eigenvalue weighted by Gasteiger charge is 2.24. The molecule has 1 amide bonds.